The fourth-order valence-corrected chi connectivity index (χ4v) is 4.17. The summed E-state index contributed by atoms with van der Waals surface area (Å²) in [6, 6.07) is 8.11. The third-order valence-electron chi connectivity index (χ3n) is 3.82. The molecular weight excluding hydrogens is 290 g/mol. The van der Waals surface area contributed by atoms with E-state index in [9.17, 15) is 0 Å². The number of aromatic nitrogens is 2. The molecule has 1 aliphatic heterocycles. The molecule has 3 heterocycles. The molecule has 1 aliphatic rings. The number of rotatable bonds is 2. The van der Waals surface area contributed by atoms with E-state index >= 15 is 0 Å². The SMILES string of the molecule is Clc1ccccc1CN1CCc2c(sc3nccn23)C1. The van der Waals surface area contributed by atoms with E-state index in [4.69, 9.17) is 11.6 Å². The molecule has 0 fully saturated rings. The van der Waals surface area contributed by atoms with Crippen LogP contribution in [0.3, 0.4) is 0 Å². The third-order valence-corrected chi connectivity index (χ3v) is 5.28. The Morgan fingerprint density at radius 1 is 1.30 bits per heavy atom. The molecule has 0 bridgehead atoms. The first kappa shape index (κ1) is 12.4. The van der Waals surface area contributed by atoms with Gasteiger partial charge >= 0.3 is 0 Å². The van der Waals surface area contributed by atoms with Crippen LogP contribution < -0.4 is 0 Å². The molecular formula is C15H14ClN3S. The topological polar surface area (TPSA) is 20.5 Å². The van der Waals surface area contributed by atoms with Crippen LogP contribution in [0, 0.1) is 0 Å². The lowest BCUT2D eigenvalue weighted by molar-refractivity contribution is 0.246. The fourth-order valence-electron chi connectivity index (χ4n) is 2.81. The molecule has 0 atom stereocenters. The zero-order chi connectivity index (χ0) is 13.5. The van der Waals surface area contributed by atoms with Gasteiger partial charge in [-0.3, -0.25) is 9.30 Å². The highest BCUT2D eigenvalue weighted by Crippen LogP contribution is 2.29. The normalized spacial score (nSPS) is 15.7. The predicted octanol–water partition coefficient (Wildman–Crippen LogP) is 3.61. The fraction of sp³-hybridized carbons (Fsp3) is 0.267. The summed E-state index contributed by atoms with van der Waals surface area (Å²) >= 11 is 8.05. The van der Waals surface area contributed by atoms with E-state index in [0.29, 0.717) is 0 Å². The van der Waals surface area contributed by atoms with E-state index in [0.717, 1.165) is 36.0 Å². The summed E-state index contributed by atoms with van der Waals surface area (Å²) in [5.41, 5.74) is 2.64. The number of benzene rings is 1. The van der Waals surface area contributed by atoms with Crippen molar-refractivity contribution in [2.45, 2.75) is 19.5 Å². The second-order valence-electron chi connectivity index (χ2n) is 5.10. The quantitative estimate of drug-likeness (QED) is 0.721. The van der Waals surface area contributed by atoms with Gasteiger partial charge in [0.15, 0.2) is 4.96 Å². The minimum atomic E-state index is 0.860. The first-order valence-electron chi connectivity index (χ1n) is 6.70. The molecule has 102 valence electrons. The molecule has 4 rings (SSSR count). The Hall–Kier alpha value is -1.36. The Morgan fingerprint density at radius 3 is 3.10 bits per heavy atom. The highest BCUT2D eigenvalue weighted by molar-refractivity contribution is 7.17. The van der Waals surface area contributed by atoms with Crippen LogP contribution in [0.5, 0.6) is 0 Å². The van der Waals surface area contributed by atoms with E-state index in [-0.39, 0.29) is 0 Å². The van der Waals surface area contributed by atoms with Gasteiger partial charge in [0.2, 0.25) is 0 Å². The minimum Gasteiger partial charge on any atom is -0.294 e. The second kappa shape index (κ2) is 4.88. The summed E-state index contributed by atoms with van der Waals surface area (Å²) in [6.45, 7) is 2.98. The van der Waals surface area contributed by atoms with Gasteiger partial charge in [-0.25, -0.2) is 4.98 Å². The molecule has 2 aromatic heterocycles. The number of halogens is 1. The maximum Gasteiger partial charge on any atom is 0.194 e. The number of thiazole rings is 1. The average molecular weight is 304 g/mol. The van der Waals surface area contributed by atoms with Gasteiger partial charge in [0, 0.05) is 54.0 Å². The molecule has 20 heavy (non-hydrogen) atoms. The van der Waals surface area contributed by atoms with E-state index in [1.807, 2.05) is 18.3 Å². The highest BCUT2D eigenvalue weighted by Gasteiger charge is 2.21. The van der Waals surface area contributed by atoms with Crippen molar-refractivity contribution in [1.82, 2.24) is 14.3 Å². The number of nitrogens with zero attached hydrogens (tertiary/aromatic N) is 3. The van der Waals surface area contributed by atoms with Gasteiger partial charge in [0.05, 0.1) is 0 Å². The molecule has 0 spiro atoms. The van der Waals surface area contributed by atoms with Gasteiger partial charge in [0.1, 0.15) is 0 Å². The molecule has 0 amide bonds. The van der Waals surface area contributed by atoms with E-state index in [2.05, 4.69) is 32.6 Å². The lowest BCUT2D eigenvalue weighted by Crippen LogP contribution is -2.29. The summed E-state index contributed by atoms with van der Waals surface area (Å²) in [7, 11) is 0. The zero-order valence-corrected chi connectivity index (χ0v) is 12.5. The Bertz CT molecular complexity index is 761. The summed E-state index contributed by atoms with van der Waals surface area (Å²) in [5.74, 6) is 0. The predicted molar refractivity (Wildman–Crippen MR) is 82.3 cm³/mol. The van der Waals surface area contributed by atoms with Crippen LogP contribution in [0.15, 0.2) is 36.7 Å². The van der Waals surface area contributed by atoms with Gasteiger partial charge in [0.25, 0.3) is 0 Å². The van der Waals surface area contributed by atoms with Crippen LogP contribution in [0.25, 0.3) is 4.96 Å². The van der Waals surface area contributed by atoms with Crippen molar-refractivity contribution < 1.29 is 0 Å². The Morgan fingerprint density at radius 2 is 2.20 bits per heavy atom. The lowest BCUT2D eigenvalue weighted by Gasteiger charge is -2.26. The monoisotopic (exact) mass is 303 g/mol. The first-order chi connectivity index (χ1) is 9.81. The summed E-state index contributed by atoms with van der Waals surface area (Å²) in [4.78, 5) is 9.39. The maximum atomic E-state index is 6.25. The second-order valence-corrected chi connectivity index (χ2v) is 6.57. The van der Waals surface area contributed by atoms with Crippen LogP contribution in [0.1, 0.15) is 16.1 Å². The van der Waals surface area contributed by atoms with Crippen molar-refractivity contribution in [3.63, 3.8) is 0 Å². The average Bonchev–Trinajstić information content (AvgIpc) is 3.01. The molecule has 0 saturated heterocycles. The molecule has 3 aromatic rings. The maximum absolute atomic E-state index is 6.25. The highest BCUT2D eigenvalue weighted by atomic mass is 35.5. The van der Waals surface area contributed by atoms with Gasteiger partial charge in [-0.05, 0) is 11.6 Å². The van der Waals surface area contributed by atoms with Crippen LogP contribution in [0.2, 0.25) is 5.02 Å². The smallest absolute Gasteiger partial charge is 0.194 e. The number of hydrogen-bond donors (Lipinski definition) is 0. The van der Waals surface area contributed by atoms with Gasteiger partial charge in [-0.1, -0.05) is 41.1 Å². The molecule has 0 unspecified atom stereocenters. The minimum absolute atomic E-state index is 0.860. The van der Waals surface area contributed by atoms with Crippen molar-refractivity contribution >= 4 is 27.9 Å². The standard InChI is InChI=1S/C15H14ClN3S/c16-12-4-2-1-3-11(12)9-18-7-5-13-14(10-18)20-15-17-6-8-19(13)15/h1-4,6,8H,5,7,9-10H2. The Kier molecular flexibility index (Phi) is 3.02. The molecule has 3 nitrogen and oxygen atoms in total. The Balaban J connectivity index is 1.59. The van der Waals surface area contributed by atoms with Crippen molar-refractivity contribution in [1.29, 1.82) is 0 Å². The van der Waals surface area contributed by atoms with Crippen molar-refractivity contribution in [3.8, 4) is 0 Å². The first-order valence-corrected chi connectivity index (χ1v) is 7.90. The van der Waals surface area contributed by atoms with Crippen LogP contribution in [-0.2, 0) is 19.5 Å². The van der Waals surface area contributed by atoms with Crippen molar-refractivity contribution in [2.24, 2.45) is 0 Å². The molecule has 0 N–H and O–H groups in total. The third kappa shape index (κ3) is 2.04. The van der Waals surface area contributed by atoms with E-state index in [1.165, 1.54) is 16.1 Å². The van der Waals surface area contributed by atoms with Crippen molar-refractivity contribution in [3.05, 3.63) is 57.8 Å². The number of imidazole rings is 1. The number of hydrogen-bond acceptors (Lipinski definition) is 3. The summed E-state index contributed by atoms with van der Waals surface area (Å²) < 4.78 is 2.23. The Labute approximate surface area is 126 Å². The van der Waals surface area contributed by atoms with Crippen LogP contribution >= 0.6 is 22.9 Å². The molecule has 0 aliphatic carbocycles. The van der Waals surface area contributed by atoms with Crippen molar-refractivity contribution in [2.75, 3.05) is 6.54 Å². The zero-order valence-electron chi connectivity index (χ0n) is 10.9. The van der Waals surface area contributed by atoms with Crippen LogP contribution in [0.4, 0.5) is 0 Å². The van der Waals surface area contributed by atoms with Gasteiger partial charge < -0.3 is 0 Å². The van der Waals surface area contributed by atoms with E-state index < -0.39 is 0 Å². The molecule has 5 heteroatoms. The largest absolute Gasteiger partial charge is 0.294 e. The van der Waals surface area contributed by atoms with Crippen LogP contribution in [-0.4, -0.2) is 20.8 Å². The molecule has 0 saturated carbocycles. The van der Waals surface area contributed by atoms with E-state index in [1.54, 1.807) is 11.3 Å². The molecule has 0 radical (unpaired) electrons. The van der Waals surface area contributed by atoms with Gasteiger partial charge in [-0.2, -0.15) is 0 Å². The lowest BCUT2D eigenvalue weighted by atomic mass is 10.1. The summed E-state index contributed by atoms with van der Waals surface area (Å²) in [6.07, 6.45) is 5.02. The number of fused-ring (bicyclic) bond motifs is 3. The molecule has 1 aromatic carbocycles. The van der Waals surface area contributed by atoms with Gasteiger partial charge in [-0.15, -0.1) is 0 Å². The summed E-state index contributed by atoms with van der Waals surface area (Å²) in [5, 5.41) is 0.860.